The smallest absolute Gasteiger partial charge is 0.284 e. The van der Waals surface area contributed by atoms with Gasteiger partial charge in [0.2, 0.25) is 5.91 Å². The number of nitrogens with zero attached hydrogens (tertiary/aromatic N) is 6. The number of rotatable bonds is 5. The molecule has 1 atom stereocenters. The molecule has 0 unspecified atom stereocenters. The molecule has 0 bridgehead atoms. The zero-order valence-electron chi connectivity index (χ0n) is 19.9. The van der Waals surface area contributed by atoms with Crippen molar-refractivity contribution in [3.8, 4) is 17.1 Å². The summed E-state index contributed by atoms with van der Waals surface area (Å²) >= 11 is 1.50. The van der Waals surface area contributed by atoms with Crippen molar-refractivity contribution in [1.82, 2.24) is 29.1 Å². The fourth-order valence-corrected chi connectivity index (χ4v) is 5.97. The van der Waals surface area contributed by atoms with E-state index in [-0.39, 0.29) is 16.7 Å². The fourth-order valence-electron chi connectivity index (χ4n) is 4.94. The standard InChI is InChI=1S/C25H32N6O2S/c1-3-28-14-16-29(17-15-28)23(32)18(2)34-25-26-22-21(20-12-8-5-9-13-30(20)25)24(33)31(27-22)19-10-6-4-7-11-19/h4,6-7,10-11,18H,3,5,8-9,12-17H2,1-2H3/t18-/m0/s1. The van der Waals surface area contributed by atoms with Crippen molar-refractivity contribution in [3.05, 3.63) is 46.4 Å². The van der Waals surface area contributed by atoms with E-state index in [1.807, 2.05) is 42.2 Å². The second-order valence-corrected chi connectivity index (χ2v) is 10.4. The zero-order chi connectivity index (χ0) is 23.7. The van der Waals surface area contributed by atoms with Crippen molar-refractivity contribution in [3.63, 3.8) is 0 Å². The minimum atomic E-state index is -0.249. The van der Waals surface area contributed by atoms with Crippen LogP contribution in [-0.4, -0.2) is 73.0 Å². The highest BCUT2D eigenvalue weighted by atomic mass is 32.2. The summed E-state index contributed by atoms with van der Waals surface area (Å²) < 4.78 is 3.64. The van der Waals surface area contributed by atoms with Crippen LogP contribution >= 0.6 is 11.8 Å². The Morgan fingerprint density at radius 3 is 2.56 bits per heavy atom. The lowest BCUT2D eigenvalue weighted by Gasteiger charge is -2.35. The van der Waals surface area contributed by atoms with Crippen molar-refractivity contribution >= 4 is 17.7 Å². The first-order valence-electron chi connectivity index (χ1n) is 12.3. The lowest BCUT2D eigenvalue weighted by atomic mass is 10.1. The van der Waals surface area contributed by atoms with Crippen LogP contribution in [0.25, 0.3) is 17.1 Å². The predicted molar refractivity (Wildman–Crippen MR) is 134 cm³/mol. The molecular weight excluding hydrogens is 448 g/mol. The number of hydrogen-bond donors (Lipinski definition) is 0. The summed E-state index contributed by atoms with van der Waals surface area (Å²) in [4.78, 5) is 35.8. The van der Waals surface area contributed by atoms with Crippen LogP contribution in [0.5, 0.6) is 0 Å². The van der Waals surface area contributed by atoms with Crippen molar-refractivity contribution in [2.75, 3.05) is 32.7 Å². The number of carbonyl (C=O) groups excluding carboxylic acids is 1. The number of aromatic nitrogens is 4. The van der Waals surface area contributed by atoms with Crippen molar-refractivity contribution in [1.29, 1.82) is 0 Å². The summed E-state index contributed by atoms with van der Waals surface area (Å²) in [6.07, 6.45) is 4.02. The number of hydrogen-bond acceptors (Lipinski definition) is 6. The Balaban J connectivity index is 1.49. The maximum atomic E-state index is 13.4. The third-order valence-corrected chi connectivity index (χ3v) is 8.01. The molecule has 1 amide bonds. The third kappa shape index (κ3) is 4.38. The highest BCUT2D eigenvalue weighted by Crippen LogP contribution is 2.32. The summed E-state index contributed by atoms with van der Waals surface area (Å²) in [6.45, 7) is 9.37. The molecule has 1 saturated heterocycles. The number of likely N-dealkylation sites (N-methyl/N-ethyl adjacent to an activating group) is 1. The van der Waals surface area contributed by atoms with Gasteiger partial charge in [-0.25, -0.2) is 4.98 Å². The molecule has 1 aromatic rings. The number of benzene rings is 1. The second-order valence-electron chi connectivity index (χ2n) is 9.07. The summed E-state index contributed by atoms with van der Waals surface area (Å²) in [5.74, 6) is 0.630. The average molecular weight is 481 g/mol. The lowest BCUT2D eigenvalue weighted by Crippen LogP contribution is -2.50. The van der Waals surface area contributed by atoms with Gasteiger partial charge in [-0.05, 0) is 44.9 Å². The van der Waals surface area contributed by atoms with Gasteiger partial charge in [0.15, 0.2) is 11.0 Å². The highest BCUT2D eigenvalue weighted by Gasteiger charge is 2.30. The normalized spacial score (nSPS) is 18.0. The van der Waals surface area contributed by atoms with Gasteiger partial charge in [-0.15, -0.1) is 5.10 Å². The largest absolute Gasteiger partial charge is 0.339 e. The van der Waals surface area contributed by atoms with E-state index in [0.29, 0.717) is 11.4 Å². The predicted octanol–water partition coefficient (Wildman–Crippen LogP) is 2.90. The maximum Gasteiger partial charge on any atom is 0.284 e. The van der Waals surface area contributed by atoms with E-state index in [1.165, 1.54) is 16.4 Å². The first-order valence-corrected chi connectivity index (χ1v) is 13.2. The van der Waals surface area contributed by atoms with E-state index in [4.69, 9.17) is 4.98 Å². The molecule has 4 aliphatic rings. The molecule has 9 heteroatoms. The van der Waals surface area contributed by atoms with E-state index < -0.39 is 0 Å². The molecular formula is C25H32N6O2S. The Labute approximate surface area is 204 Å². The first-order chi connectivity index (χ1) is 16.6. The number of amides is 1. The number of piperazine rings is 1. The van der Waals surface area contributed by atoms with Gasteiger partial charge in [-0.1, -0.05) is 43.3 Å². The Morgan fingerprint density at radius 1 is 1.06 bits per heavy atom. The molecule has 0 N–H and O–H groups in total. The van der Waals surface area contributed by atoms with Gasteiger partial charge in [-0.2, -0.15) is 4.68 Å². The molecule has 4 aliphatic heterocycles. The molecule has 1 fully saturated rings. The van der Waals surface area contributed by atoms with Gasteiger partial charge in [0.25, 0.3) is 5.56 Å². The molecule has 180 valence electrons. The molecule has 0 saturated carbocycles. The van der Waals surface area contributed by atoms with Crippen LogP contribution in [0.2, 0.25) is 0 Å². The topological polar surface area (TPSA) is 76.3 Å². The molecule has 0 radical (unpaired) electrons. The average Bonchev–Trinajstić information content (AvgIpc) is 3.03. The minimum Gasteiger partial charge on any atom is -0.339 e. The van der Waals surface area contributed by atoms with E-state index in [2.05, 4.69) is 21.5 Å². The lowest BCUT2D eigenvalue weighted by molar-refractivity contribution is -0.132. The highest BCUT2D eigenvalue weighted by molar-refractivity contribution is 8.00. The van der Waals surface area contributed by atoms with Gasteiger partial charge in [0, 0.05) is 38.4 Å². The third-order valence-electron chi connectivity index (χ3n) is 6.93. The number of carbonyl (C=O) groups is 1. The monoisotopic (exact) mass is 480 g/mol. The van der Waals surface area contributed by atoms with Gasteiger partial charge in [0.1, 0.15) is 5.56 Å². The first kappa shape index (κ1) is 23.1. The molecule has 0 aromatic heterocycles. The molecule has 5 rings (SSSR count). The van der Waals surface area contributed by atoms with Crippen LogP contribution < -0.4 is 5.56 Å². The summed E-state index contributed by atoms with van der Waals surface area (Å²) in [5, 5.41) is 5.15. The van der Waals surface area contributed by atoms with Crippen LogP contribution in [0, 0.1) is 0 Å². The molecule has 0 aliphatic carbocycles. The summed E-state index contributed by atoms with van der Waals surface area (Å²) in [5.41, 5.74) is 2.24. The van der Waals surface area contributed by atoms with Gasteiger partial charge >= 0.3 is 0 Å². The Bertz CT molecular complexity index is 1180. The fraction of sp³-hybridized carbons (Fsp3) is 0.520. The number of fused-ring (bicyclic) bond motifs is 3. The van der Waals surface area contributed by atoms with Crippen molar-refractivity contribution < 1.29 is 4.79 Å². The molecule has 1 aromatic carbocycles. The van der Waals surface area contributed by atoms with E-state index in [9.17, 15) is 9.59 Å². The molecule has 8 nitrogen and oxygen atoms in total. The van der Waals surface area contributed by atoms with Gasteiger partial charge in [0.05, 0.1) is 10.9 Å². The minimum absolute atomic E-state index is 0.117. The Morgan fingerprint density at radius 2 is 1.82 bits per heavy atom. The summed E-state index contributed by atoms with van der Waals surface area (Å²) in [7, 11) is 0. The Kier molecular flexibility index (Phi) is 6.74. The maximum absolute atomic E-state index is 13.4. The van der Waals surface area contributed by atoms with Crippen molar-refractivity contribution in [2.24, 2.45) is 0 Å². The molecule has 4 heterocycles. The molecule has 34 heavy (non-hydrogen) atoms. The Hall–Kier alpha value is -2.65. The molecule has 0 spiro atoms. The van der Waals surface area contributed by atoms with E-state index in [1.54, 1.807) is 0 Å². The zero-order valence-corrected chi connectivity index (χ0v) is 20.8. The van der Waals surface area contributed by atoms with Crippen LogP contribution in [0.4, 0.5) is 0 Å². The van der Waals surface area contributed by atoms with Crippen LogP contribution in [0.1, 0.15) is 38.8 Å². The van der Waals surface area contributed by atoms with Gasteiger partial charge < -0.3 is 14.4 Å². The van der Waals surface area contributed by atoms with E-state index >= 15 is 0 Å². The SMILES string of the molecule is CCN1CCN(C(=O)[C@H](C)Sc2nc3nn(-c4ccccc4)c(=O)c-3c3n2CCCCC3)CC1. The number of para-hydroxylation sites is 1. The number of thioether (sulfide) groups is 1. The van der Waals surface area contributed by atoms with Crippen LogP contribution in [-0.2, 0) is 17.8 Å². The second kappa shape index (κ2) is 9.92. The summed E-state index contributed by atoms with van der Waals surface area (Å²) in [6, 6.07) is 9.49. The van der Waals surface area contributed by atoms with E-state index in [0.717, 1.165) is 81.5 Å². The van der Waals surface area contributed by atoms with Gasteiger partial charge in [-0.3, -0.25) is 9.59 Å². The van der Waals surface area contributed by atoms with Crippen LogP contribution in [0.15, 0.2) is 40.3 Å². The van der Waals surface area contributed by atoms with Crippen LogP contribution in [0.3, 0.4) is 0 Å². The van der Waals surface area contributed by atoms with Crippen molar-refractivity contribution in [2.45, 2.75) is 56.5 Å². The quantitative estimate of drug-likeness (QED) is 0.413.